The maximum Gasteiger partial charge on any atom is 0.0408 e. The van der Waals surface area contributed by atoms with E-state index in [1.54, 1.807) is 0 Å². The Balaban J connectivity index is 2.28. The molecule has 0 N–H and O–H groups in total. The van der Waals surface area contributed by atoms with Crippen molar-refractivity contribution in [1.82, 2.24) is 0 Å². The molecule has 0 amide bonds. The van der Waals surface area contributed by atoms with Gasteiger partial charge in [-0.25, -0.2) is 0 Å². The van der Waals surface area contributed by atoms with Gasteiger partial charge in [-0.15, -0.1) is 0 Å². The Bertz CT molecular complexity index is 311. The first-order chi connectivity index (χ1) is 6.71. The lowest BCUT2D eigenvalue weighted by molar-refractivity contribution is 0.319. The van der Waals surface area contributed by atoms with Crippen molar-refractivity contribution in [1.29, 1.82) is 0 Å². The van der Waals surface area contributed by atoms with Gasteiger partial charge in [0.15, 0.2) is 0 Å². The zero-order chi connectivity index (χ0) is 10.0. The van der Waals surface area contributed by atoms with Crippen molar-refractivity contribution in [2.75, 3.05) is 0 Å². The molecule has 0 spiro atoms. The van der Waals surface area contributed by atoms with Crippen molar-refractivity contribution in [2.45, 2.75) is 44.4 Å². The molecular formula is C13H17Cl. The van der Waals surface area contributed by atoms with Gasteiger partial charge in [0.25, 0.3) is 0 Å². The zero-order valence-corrected chi connectivity index (χ0v) is 9.48. The van der Waals surface area contributed by atoms with Crippen LogP contribution in [0.25, 0.3) is 0 Å². The van der Waals surface area contributed by atoms with Gasteiger partial charge in [0.1, 0.15) is 0 Å². The highest BCUT2D eigenvalue weighted by Crippen LogP contribution is 2.39. The van der Waals surface area contributed by atoms with Crippen LogP contribution in [0.1, 0.15) is 44.6 Å². The molecule has 0 atom stereocenters. The molecule has 1 aromatic rings. The van der Waals surface area contributed by atoms with Gasteiger partial charge in [-0.1, -0.05) is 49.9 Å². The predicted molar refractivity (Wildman–Crippen MR) is 61.9 cm³/mol. The molecule has 0 nitrogen and oxygen atoms in total. The van der Waals surface area contributed by atoms with Gasteiger partial charge in [-0.05, 0) is 36.0 Å². The van der Waals surface area contributed by atoms with Gasteiger partial charge < -0.3 is 0 Å². The minimum Gasteiger partial charge on any atom is -0.0843 e. The van der Waals surface area contributed by atoms with Crippen LogP contribution in [0.15, 0.2) is 24.3 Å². The SMILES string of the molecule is CC1(c2cccc(Cl)c2)CCCCC1. The Morgan fingerprint density at radius 2 is 1.86 bits per heavy atom. The summed E-state index contributed by atoms with van der Waals surface area (Å²) in [6.07, 6.45) is 6.75. The molecule has 0 radical (unpaired) electrons. The third-order valence-electron chi connectivity index (χ3n) is 3.48. The van der Waals surface area contributed by atoms with Crippen LogP contribution in [0.3, 0.4) is 0 Å². The molecule has 1 saturated carbocycles. The average molecular weight is 209 g/mol. The minimum atomic E-state index is 0.378. The molecule has 1 heteroatoms. The molecule has 0 bridgehead atoms. The Morgan fingerprint density at radius 3 is 2.50 bits per heavy atom. The second kappa shape index (κ2) is 3.94. The predicted octanol–water partition coefficient (Wildman–Crippen LogP) is 4.56. The molecular weight excluding hydrogens is 192 g/mol. The fraction of sp³-hybridized carbons (Fsp3) is 0.538. The van der Waals surface area contributed by atoms with Crippen molar-refractivity contribution >= 4 is 11.6 Å². The molecule has 0 aliphatic heterocycles. The highest BCUT2D eigenvalue weighted by atomic mass is 35.5. The summed E-state index contributed by atoms with van der Waals surface area (Å²) in [5, 5.41) is 0.870. The van der Waals surface area contributed by atoms with E-state index in [2.05, 4.69) is 25.1 Å². The van der Waals surface area contributed by atoms with E-state index in [1.807, 2.05) is 6.07 Å². The monoisotopic (exact) mass is 208 g/mol. The Kier molecular flexibility index (Phi) is 2.83. The highest BCUT2D eigenvalue weighted by Gasteiger charge is 2.28. The number of hydrogen-bond donors (Lipinski definition) is 0. The van der Waals surface area contributed by atoms with Crippen LogP contribution in [0.4, 0.5) is 0 Å². The standard InChI is InChI=1S/C13H17Cl/c1-13(8-3-2-4-9-13)11-6-5-7-12(14)10-11/h5-7,10H,2-4,8-9H2,1H3. The Labute approximate surface area is 91.3 Å². The summed E-state index contributed by atoms with van der Waals surface area (Å²) in [5.41, 5.74) is 1.80. The van der Waals surface area contributed by atoms with Crippen molar-refractivity contribution in [2.24, 2.45) is 0 Å². The van der Waals surface area contributed by atoms with E-state index in [0.29, 0.717) is 5.41 Å². The van der Waals surface area contributed by atoms with Gasteiger partial charge in [0.05, 0.1) is 0 Å². The normalized spacial score (nSPS) is 20.7. The second-order valence-electron chi connectivity index (χ2n) is 4.63. The number of benzene rings is 1. The molecule has 76 valence electrons. The van der Waals surface area contributed by atoms with Crippen molar-refractivity contribution < 1.29 is 0 Å². The summed E-state index contributed by atoms with van der Waals surface area (Å²) in [6, 6.07) is 8.37. The summed E-state index contributed by atoms with van der Waals surface area (Å²) in [5.74, 6) is 0. The molecule has 0 unspecified atom stereocenters. The average Bonchev–Trinajstić information content (AvgIpc) is 2.19. The number of hydrogen-bond acceptors (Lipinski definition) is 0. The zero-order valence-electron chi connectivity index (χ0n) is 8.72. The first-order valence-corrected chi connectivity index (χ1v) is 5.85. The molecule has 0 heterocycles. The molecule has 1 fully saturated rings. The summed E-state index contributed by atoms with van der Waals surface area (Å²) >= 11 is 6.03. The van der Waals surface area contributed by atoms with Crippen LogP contribution < -0.4 is 0 Å². The lowest BCUT2D eigenvalue weighted by Gasteiger charge is -2.34. The molecule has 14 heavy (non-hydrogen) atoms. The minimum absolute atomic E-state index is 0.378. The van der Waals surface area contributed by atoms with Gasteiger partial charge in [0.2, 0.25) is 0 Å². The molecule has 0 aromatic heterocycles. The summed E-state index contributed by atoms with van der Waals surface area (Å²) in [4.78, 5) is 0. The molecule has 1 aliphatic carbocycles. The van der Waals surface area contributed by atoms with E-state index in [-0.39, 0.29) is 0 Å². The van der Waals surface area contributed by atoms with Crippen LogP contribution >= 0.6 is 11.6 Å². The van der Waals surface area contributed by atoms with Crippen molar-refractivity contribution in [3.63, 3.8) is 0 Å². The smallest absolute Gasteiger partial charge is 0.0408 e. The second-order valence-corrected chi connectivity index (χ2v) is 5.07. The van der Waals surface area contributed by atoms with Crippen LogP contribution in [0, 0.1) is 0 Å². The third kappa shape index (κ3) is 1.95. The van der Waals surface area contributed by atoms with Crippen LogP contribution in [-0.4, -0.2) is 0 Å². The first-order valence-electron chi connectivity index (χ1n) is 5.47. The van der Waals surface area contributed by atoms with E-state index in [9.17, 15) is 0 Å². The lowest BCUT2D eigenvalue weighted by atomic mass is 9.71. The quantitative estimate of drug-likeness (QED) is 0.635. The first kappa shape index (κ1) is 10.0. The Morgan fingerprint density at radius 1 is 1.14 bits per heavy atom. The van der Waals surface area contributed by atoms with Crippen LogP contribution in [-0.2, 0) is 5.41 Å². The van der Waals surface area contributed by atoms with Gasteiger partial charge in [0, 0.05) is 5.02 Å². The van der Waals surface area contributed by atoms with Crippen LogP contribution in [0.5, 0.6) is 0 Å². The summed E-state index contributed by atoms with van der Waals surface area (Å²) < 4.78 is 0. The maximum absolute atomic E-state index is 6.03. The Hall–Kier alpha value is -0.490. The molecule has 1 aliphatic rings. The molecule has 1 aromatic carbocycles. The van der Waals surface area contributed by atoms with Crippen molar-refractivity contribution in [3.8, 4) is 0 Å². The third-order valence-corrected chi connectivity index (χ3v) is 3.71. The van der Waals surface area contributed by atoms with E-state index >= 15 is 0 Å². The van der Waals surface area contributed by atoms with Gasteiger partial charge in [-0.3, -0.25) is 0 Å². The van der Waals surface area contributed by atoms with Crippen LogP contribution in [0.2, 0.25) is 5.02 Å². The van der Waals surface area contributed by atoms with Gasteiger partial charge in [-0.2, -0.15) is 0 Å². The summed E-state index contributed by atoms with van der Waals surface area (Å²) in [6.45, 7) is 2.37. The molecule has 2 rings (SSSR count). The van der Waals surface area contributed by atoms with Crippen molar-refractivity contribution in [3.05, 3.63) is 34.9 Å². The topological polar surface area (TPSA) is 0 Å². The number of rotatable bonds is 1. The fourth-order valence-corrected chi connectivity index (χ4v) is 2.67. The van der Waals surface area contributed by atoms with E-state index < -0.39 is 0 Å². The highest BCUT2D eigenvalue weighted by molar-refractivity contribution is 6.30. The number of halogens is 1. The fourth-order valence-electron chi connectivity index (χ4n) is 2.48. The lowest BCUT2D eigenvalue weighted by Crippen LogP contribution is -2.24. The summed E-state index contributed by atoms with van der Waals surface area (Å²) in [7, 11) is 0. The van der Waals surface area contributed by atoms with E-state index in [4.69, 9.17) is 11.6 Å². The molecule has 0 saturated heterocycles. The largest absolute Gasteiger partial charge is 0.0843 e. The maximum atomic E-state index is 6.03. The van der Waals surface area contributed by atoms with E-state index in [0.717, 1.165) is 5.02 Å². The van der Waals surface area contributed by atoms with Gasteiger partial charge >= 0.3 is 0 Å². The van der Waals surface area contributed by atoms with E-state index in [1.165, 1.54) is 37.7 Å².